The molecule has 0 spiro atoms. The highest BCUT2D eigenvalue weighted by Crippen LogP contribution is 2.32. The van der Waals surface area contributed by atoms with Gasteiger partial charge in [0.25, 0.3) is 0 Å². The number of carbonyl (C=O) groups excluding carboxylic acids is 1. The van der Waals surface area contributed by atoms with Crippen molar-refractivity contribution in [2.24, 2.45) is 0 Å². The van der Waals surface area contributed by atoms with Gasteiger partial charge in [0.05, 0.1) is 6.61 Å². The van der Waals surface area contributed by atoms with Crippen LogP contribution in [0.5, 0.6) is 0 Å². The fourth-order valence-electron chi connectivity index (χ4n) is 1.48. The molecule has 1 fully saturated rings. The molecular weight excluding hydrogens is 323 g/mol. The number of esters is 1. The van der Waals surface area contributed by atoms with E-state index in [-0.39, 0.29) is 12.1 Å². The molecule has 0 aromatic heterocycles. The highest BCUT2D eigenvalue weighted by atomic mass is 127. The van der Waals surface area contributed by atoms with Gasteiger partial charge in [0.2, 0.25) is 5.79 Å². The predicted octanol–water partition coefficient (Wildman–Crippen LogP) is 2.28. The van der Waals surface area contributed by atoms with E-state index in [0.717, 1.165) is 6.42 Å². The van der Waals surface area contributed by atoms with Crippen molar-refractivity contribution in [2.75, 3.05) is 13.7 Å². The molecule has 1 aliphatic heterocycles. The maximum absolute atomic E-state index is 11.9. The summed E-state index contributed by atoms with van der Waals surface area (Å²) in [6.45, 7) is 6.20. The molecule has 0 saturated carbocycles. The summed E-state index contributed by atoms with van der Waals surface area (Å²) in [7, 11) is 1.56. The van der Waals surface area contributed by atoms with Crippen LogP contribution in [0.3, 0.4) is 0 Å². The largest absolute Gasteiger partial charge is 0.456 e. The van der Waals surface area contributed by atoms with Gasteiger partial charge in [0.1, 0.15) is 3.42 Å². The van der Waals surface area contributed by atoms with Crippen LogP contribution in [0.25, 0.3) is 0 Å². The third-order valence-corrected chi connectivity index (χ3v) is 4.30. The van der Waals surface area contributed by atoms with Gasteiger partial charge in [-0.15, -0.1) is 0 Å². The zero-order valence-corrected chi connectivity index (χ0v) is 12.4. The normalized spacial score (nSPS) is 33.4. The van der Waals surface area contributed by atoms with Crippen LogP contribution in [0.15, 0.2) is 0 Å². The lowest BCUT2D eigenvalue weighted by Gasteiger charge is -2.30. The summed E-state index contributed by atoms with van der Waals surface area (Å²) in [5.41, 5.74) is 0. The van der Waals surface area contributed by atoms with Crippen LogP contribution in [0.1, 0.15) is 33.6 Å². The van der Waals surface area contributed by atoms with Crippen molar-refractivity contribution in [1.29, 1.82) is 0 Å². The third kappa shape index (κ3) is 2.87. The molecule has 1 rings (SSSR count). The van der Waals surface area contributed by atoms with Gasteiger partial charge in [0.15, 0.2) is 6.10 Å². The topological polar surface area (TPSA) is 44.8 Å². The minimum atomic E-state index is -0.796. The lowest BCUT2D eigenvalue weighted by molar-refractivity contribution is -0.229. The number of ether oxygens (including phenoxy) is 3. The van der Waals surface area contributed by atoms with Gasteiger partial charge < -0.3 is 14.2 Å². The van der Waals surface area contributed by atoms with Gasteiger partial charge in [-0.3, -0.25) is 4.79 Å². The number of methoxy groups -OCH3 is 1. The molecule has 94 valence electrons. The van der Waals surface area contributed by atoms with Crippen molar-refractivity contribution in [1.82, 2.24) is 0 Å². The summed E-state index contributed by atoms with van der Waals surface area (Å²) in [6, 6.07) is 0. The zero-order valence-electron chi connectivity index (χ0n) is 10.2. The molecule has 3 atom stereocenters. The van der Waals surface area contributed by atoms with Gasteiger partial charge >= 0.3 is 5.97 Å². The Hall–Kier alpha value is 0.120. The first-order chi connectivity index (χ1) is 7.35. The van der Waals surface area contributed by atoms with Crippen LogP contribution < -0.4 is 0 Å². The van der Waals surface area contributed by atoms with Crippen molar-refractivity contribution < 1.29 is 19.0 Å². The number of hydrogen-bond acceptors (Lipinski definition) is 4. The molecule has 1 heterocycles. The number of halogens is 1. The molecule has 4 nitrogen and oxygen atoms in total. The molecule has 16 heavy (non-hydrogen) atoms. The van der Waals surface area contributed by atoms with Crippen LogP contribution in [-0.2, 0) is 19.0 Å². The Morgan fingerprint density at radius 2 is 2.31 bits per heavy atom. The van der Waals surface area contributed by atoms with Crippen molar-refractivity contribution in [3.05, 3.63) is 0 Å². The minimum absolute atomic E-state index is 0.200. The monoisotopic (exact) mass is 342 g/mol. The molecule has 1 saturated heterocycles. The van der Waals surface area contributed by atoms with Crippen molar-refractivity contribution >= 4 is 28.6 Å². The van der Waals surface area contributed by atoms with E-state index in [9.17, 15) is 4.79 Å². The van der Waals surface area contributed by atoms with Crippen LogP contribution >= 0.6 is 22.6 Å². The summed E-state index contributed by atoms with van der Waals surface area (Å²) in [5.74, 6) is -0.995. The van der Waals surface area contributed by atoms with Gasteiger partial charge in [-0.05, 0) is 20.3 Å². The predicted molar refractivity (Wildman–Crippen MR) is 68.6 cm³/mol. The fraction of sp³-hybridized carbons (Fsp3) is 0.909. The van der Waals surface area contributed by atoms with Crippen molar-refractivity contribution in [3.63, 3.8) is 0 Å². The van der Waals surface area contributed by atoms with E-state index in [4.69, 9.17) is 14.2 Å². The van der Waals surface area contributed by atoms with E-state index in [1.54, 1.807) is 14.0 Å². The first-order valence-electron chi connectivity index (χ1n) is 5.45. The van der Waals surface area contributed by atoms with Crippen LogP contribution in [0.4, 0.5) is 0 Å². The van der Waals surface area contributed by atoms with Crippen LogP contribution in [0, 0.1) is 0 Å². The Kier molecular flexibility index (Phi) is 4.59. The zero-order chi connectivity index (χ0) is 12.4. The SMILES string of the molecule is CCC(C)(I)C(=O)OC1CCOC1(C)OC. The van der Waals surface area contributed by atoms with Crippen LogP contribution in [0.2, 0.25) is 0 Å². The minimum Gasteiger partial charge on any atom is -0.456 e. The highest BCUT2D eigenvalue weighted by molar-refractivity contribution is 14.1. The maximum Gasteiger partial charge on any atom is 0.322 e. The summed E-state index contributed by atoms with van der Waals surface area (Å²) in [6.07, 6.45) is 1.11. The first kappa shape index (κ1) is 14.2. The number of alkyl halides is 1. The Balaban J connectivity index is 2.64. The maximum atomic E-state index is 11.9. The Bertz CT molecular complexity index is 267. The quantitative estimate of drug-likeness (QED) is 0.447. The molecule has 0 bridgehead atoms. The number of hydrogen-bond donors (Lipinski definition) is 0. The van der Waals surface area contributed by atoms with Gasteiger partial charge in [-0.25, -0.2) is 0 Å². The molecule has 0 aromatic rings. The molecule has 0 aromatic carbocycles. The average molecular weight is 342 g/mol. The van der Waals surface area contributed by atoms with Gasteiger partial charge in [-0.1, -0.05) is 29.5 Å². The second-order valence-corrected chi connectivity index (χ2v) is 6.68. The van der Waals surface area contributed by atoms with Crippen molar-refractivity contribution in [3.8, 4) is 0 Å². The molecule has 3 unspecified atom stereocenters. The standard InChI is InChI=1S/C11H19IO4/c1-5-10(2,12)9(13)16-8-6-7-15-11(8,3)14-4/h8H,5-7H2,1-4H3. The third-order valence-electron chi connectivity index (χ3n) is 3.10. The summed E-state index contributed by atoms with van der Waals surface area (Å²) in [4.78, 5) is 11.9. The summed E-state index contributed by atoms with van der Waals surface area (Å²) < 4.78 is 15.7. The average Bonchev–Trinajstić information content (AvgIpc) is 2.61. The van der Waals surface area contributed by atoms with E-state index in [2.05, 4.69) is 22.6 Å². The molecule has 0 radical (unpaired) electrons. The second kappa shape index (κ2) is 5.18. The van der Waals surface area contributed by atoms with E-state index in [1.807, 2.05) is 13.8 Å². The lowest BCUT2D eigenvalue weighted by atomic mass is 10.1. The van der Waals surface area contributed by atoms with Crippen molar-refractivity contribution in [2.45, 2.75) is 48.9 Å². The second-order valence-electron chi connectivity index (χ2n) is 4.30. The lowest BCUT2D eigenvalue weighted by Crippen LogP contribution is -2.43. The first-order valence-corrected chi connectivity index (χ1v) is 6.52. The fourth-order valence-corrected chi connectivity index (χ4v) is 1.60. The molecule has 1 aliphatic rings. The van der Waals surface area contributed by atoms with Gasteiger partial charge in [0, 0.05) is 13.5 Å². The van der Waals surface area contributed by atoms with E-state index in [1.165, 1.54) is 0 Å². The smallest absolute Gasteiger partial charge is 0.322 e. The molecular formula is C11H19IO4. The summed E-state index contributed by atoms with van der Waals surface area (Å²) >= 11 is 2.12. The van der Waals surface area contributed by atoms with Crippen LogP contribution in [-0.4, -0.2) is 35.0 Å². The van der Waals surface area contributed by atoms with E-state index < -0.39 is 9.21 Å². The Labute approximate surface area is 110 Å². The Morgan fingerprint density at radius 1 is 1.69 bits per heavy atom. The van der Waals surface area contributed by atoms with E-state index >= 15 is 0 Å². The number of rotatable bonds is 4. The highest BCUT2D eigenvalue weighted by Gasteiger charge is 2.45. The molecule has 0 N–H and O–H groups in total. The molecule has 0 amide bonds. The number of carbonyl (C=O) groups is 1. The summed E-state index contributed by atoms with van der Waals surface area (Å²) in [5, 5.41) is 0. The molecule has 0 aliphatic carbocycles. The van der Waals surface area contributed by atoms with Gasteiger partial charge in [-0.2, -0.15) is 0 Å². The Morgan fingerprint density at radius 3 is 2.81 bits per heavy atom. The van der Waals surface area contributed by atoms with E-state index in [0.29, 0.717) is 13.0 Å². The molecule has 5 heteroatoms.